The highest BCUT2D eigenvalue weighted by atomic mass is 32.2. The summed E-state index contributed by atoms with van der Waals surface area (Å²) in [6.07, 6.45) is 0. The number of carbonyl (C=O) groups is 1. The van der Waals surface area contributed by atoms with Gasteiger partial charge in [0.1, 0.15) is 10.7 Å². The van der Waals surface area contributed by atoms with Crippen LogP contribution in [-0.4, -0.2) is 46.5 Å². The number of hydrogen-bond acceptors (Lipinski definition) is 6. The van der Waals surface area contributed by atoms with Crippen LogP contribution in [0, 0.1) is 20.8 Å². The predicted octanol–water partition coefficient (Wildman–Crippen LogP) is 4.66. The van der Waals surface area contributed by atoms with Crippen molar-refractivity contribution in [3.63, 3.8) is 0 Å². The van der Waals surface area contributed by atoms with E-state index in [2.05, 4.69) is 73.0 Å². The van der Waals surface area contributed by atoms with E-state index < -0.39 is 0 Å². The van der Waals surface area contributed by atoms with Crippen LogP contribution in [-0.2, 0) is 5.75 Å². The van der Waals surface area contributed by atoms with E-state index in [1.54, 1.807) is 11.8 Å². The molecule has 1 atom stereocenters. The first kappa shape index (κ1) is 24.5. The smallest absolute Gasteiger partial charge is 0.261 e. The van der Waals surface area contributed by atoms with Crippen LogP contribution in [0.1, 0.15) is 53.0 Å². The third-order valence-electron chi connectivity index (χ3n) is 5.76. The first-order valence-electron chi connectivity index (χ1n) is 11.0. The van der Waals surface area contributed by atoms with Gasteiger partial charge in [-0.3, -0.25) is 14.5 Å². The van der Waals surface area contributed by atoms with Crippen molar-refractivity contribution >= 4 is 39.2 Å². The Morgan fingerprint density at radius 3 is 2.66 bits per heavy atom. The molecule has 32 heavy (non-hydrogen) atoms. The van der Waals surface area contributed by atoms with Gasteiger partial charge >= 0.3 is 0 Å². The number of aromatic nitrogens is 2. The fourth-order valence-corrected chi connectivity index (χ4v) is 5.89. The number of fused-ring (bicyclic) bond motifs is 1. The van der Waals surface area contributed by atoms with E-state index in [-0.39, 0.29) is 17.5 Å². The number of hydrogen-bond donors (Lipinski definition) is 2. The van der Waals surface area contributed by atoms with E-state index in [0.717, 1.165) is 13.1 Å². The van der Waals surface area contributed by atoms with E-state index >= 15 is 0 Å². The van der Waals surface area contributed by atoms with Crippen molar-refractivity contribution in [2.24, 2.45) is 0 Å². The maximum absolute atomic E-state index is 12.9. The van der Waals surface area contributed by atoms with E-state index in [9.17, 15) is 9.59 Å². The number of aryl methyl sites for hydroxylation is 3. The Morgan fingerprint density at radius 2 is 1.97 bits per heavy atom. The average molecular weight is 473 g/mol. The lowest BCUT2D eigenvalue weighted by molar-refractivity contribution is 0.0941. The molecule has 0 aliphatic rings. The molecule has 0 saturated carbocycles. The van der Waals surface area contributed by atoms with Crippen LogP contribution in [0.4, 0.5) is 0 Å². The maximum atomic E-state index is 12.9. The molecular weight excluding hydrogens is 440 g/mol. The summed E-state index contributed by atoms with van der Waals surface area (Å²) in [4.78, 5) is 37.9. The quantitative estimate of drug-likeness (QED) is 0.443. The van der Waals surface area contributed by atoms with Gasteiger partial charge in [-0.15, -0.1) is 23.1 Å². The molecule has 0 saturated heterocycles. The molecule has 0 spiro atoms. The number of thioether (sulfide) groups is 1. The molecule has 0 aliphatic carbocycles. The van der Waals surface area contributed by atoms with Crippen molar-refractivity contribution in [3.8, 4) is 0 Å². The van der Waals surface area contributed by atoms with Gasteiger partial charge in [0, 0.05) is 17.5 Å². The van der Waals surface area contributed by atoms with Crippen LogP contribution in [0.15, 0.2) is 27.9 Å². The Bertz CT molecular complexity index is 1160. The Balaban J connectivity index is 1.78. The summed E-state index contributed by atoms with van der Waals surface area (Å²) in [5, 5.41) is 3.54. The summed E-state index contributed by atoms with van der Waals surface area (Å²) in [7, 11) is 0. The monoisotopic (exact) mass is 472 g/mol. The summed E-state index contributed by atoms with van der Waals surface area (Å²) in [6.45, 7) is 14.8. The van der Waals surface area contributed by atoms with Gasteiger partial charge < -0.3 is 10.3 Å². The Morgan fingerprint density at radius 1 is 1.25 bits per heavy atom. The summed E-state index contributed by atoms with van der Waals surface area (Å²) in [5.41, 5.74) is 2.92. The molecule has 0 fully saturated rings. The molecule has 0 bridgehead atoms. The van der Waals surface area contributed by atoms with Crippen molar-refractivity contribution < 1.29 is 4.79 Å². The number of likely N-dealkylation sites (N-methyl/N-ethyl adjacent to an activating group) is 1. The highest BCUT2D eigenvalue weighted by Gasteiger charge is 2.20. The lowest BCUT2D eigenvalue weighted by Gasteiger charge is -2.26. The molecule has 8 heteroatoms. The minimum atomic E-state index is -0.184. The standard InChI is InChI=1S/C24H32N4O2S2/c1-7-28(8-2)16(5)12-25-23(30)21-17(6)20-22(29)26-19(27-24(20)32-21)13-31-18-11-14(3)9-10-15(18)4/h9-11,16H,7-8,12-13H2,1-6H3,(H,25,30)(H,26,27,29). The molecule has 172 valence electrons. The topological polar surface area (TPSA) is 78.1 Å². The summed E-state index contributed by atoms with van der Waals surface area (Å²) >= 11 is 2.95. The molecule has 2 heterocycles. The number of thiophene rings is 1. The molecule has 0 radical (unpaired) electrons. The number of benzene rings is 1. The number of carbonyl (C=O) groups excluding carboxylic acids is 1. The van der Waals surface area contributed by atoms with Crippen molar-refractivity contribution in [1.29, 1.82) is 0 Å². The zero-order chi connectivity index (χ0) is 23.4. The zero-order valence-corrected chi connectivity index (χ0v) is 21.3. The molecular formula is C24H32N4O2S2. The molecule has 3 aromatic rings. The maximum Gasteiger partial charge on any atom is 0.261 e. The van der Waals surface area contributed by atoms with E-state index in [4.69, 9.17) is 0 Å². The van der Waals surface area contributed by atoms with Gasteiger partial charge in [-0.2, -0.15) is 0 Å². The third-order valence-corrected chi connectivity index (χ3v) is 8.11. The molecule has 6 nitrogen and oxygen atoms in total. The minimum Gasteiger partial charge on any atom is -0.350 e. The van der Waals surface area contributed by atoms with E-state index in [1.165, 1.54) is 27.4 Å². The summed E-state index contributed by atoms with van der Waals surface area (Å²) in [5.74, 6) is 1.04. The van der Waals surface area contributed by atoms with Gasteiger partial charge in [-0.25, -0.2) is 4.98 Å². The van der Waals surface area contributed by atoms with Crippen LogP contribution in [0.5, 0.6) is 0 Å². The second-order valence-electron chi connectivity index (χ2n) is 8.09. The van der Waals surface area contributed by atoms with Crippen LogP contribution in [0.3, 0.4) is 0 Å². The number of H-pyrrole nitrogens is 1. The Hall–Kier alpha value is -2.16. The Kier molecular flexibility index (Phi) is 8.14. The molecule has 2 N–H and O–H groups in total. The Labute approximate surface area is 197 Å². The van der Waals surface area contributed by atoms with Gasteiger partial charge in [0.05, 0.1) is 16.0 Å². The van der Waals surface area contributed by atoms with Crippen molar-refractivity contribution in [2.75, 3.05) is 19.6 Å². The first-order valence-corrected chi connectivity index (χ1v) is 12.8. The summed E-state index contributed by atoms with van der Waals surface area (Å²) in [6, 6.07) is 6.59. The largest absolute Gasteiger partial charge is 0.350 e. The number of amides is 1. The first-order chi connectivity index (χ1) is 15.2. The predicted molar refractivity (Wildman–Crippen MR) is 135 cm³/mol. The van der Waals surface area contributed by atoms with Gasteiger partial charge in [-0.05, 0) is 58.0 Å². The number of aromatic amines is 1. The fraction of sp³-hybridized carbons (Fsp3) is 0.458. The second kappa shape index (κ2) is 10.6. The van der Waals surface area contributed by atoms with Crippen molar-refractivity contribution in [3.05, 3.63) is 55.9 Å². The minimum absolute atomic E-state index is 0.143. The average Bonchev–Trinajstić information content (AvgIpc) is 3.10. The van der Waals surface area contributed by atoms with Crippen LogP contribution < -0.4 is 10.9 Å². The van der Waals surface area contributed by atoms with Gasteiger partial charge in [0.25, 0.3) is 11.5 Å². The van der Waals surface area contributed by atoms with Crippen molar-refractivity contribution in [2.45, 2.75) is 58.2 Å². The summed E-state index contributed by atoms with van der Waals surface area (Å²) < 4.78 is 0. The van der Waals surface area contributed by atoms with Crippen molar-refractivity contribution in [1.82, 2.24) is 20.2 Å². The van der Waals surface area contributed by atoms with Gasteiger partial charge in [-0.1, -0.05) is 31.5 Å². The van der Waals surface area contributed by atoms with Gasteiger partial charge in [0.15, 0.2) is 0 Å². The molecule has 3 rings (SSSR count). The number of nitrogens with zero attached hydrogens (tertiary/aromatic N) is 2. The second-order valence-corrected chi connectivity index (χ2v) is 10.1. The zero-order valence-electron chi connectivity index (χ0n) is 19.7. The lowest BCUT2D eigenvalue weighted by atomic mass is 10.2. The van der Waals surface area contributed by atoms with E-state index in [0.29, 0.717) is 38.8 Å². The van der Waals surface area contributed by atoms with Crippen LogP contribution >= 0.6 is 23.1 Å². The molecule has 2 aromatic heterocycles. The third kappa shape index (κ3) is 5.42. The fourth-order valence-electron chi connectivity index (χ4n) is 3.78. The van der Waals surface area contributed by atoms with Crippen LogP contribution in [0.2, 0.25) is 0 Å². The van der Waals surface area contributed by atoms with Crippen LogP contribution in [0.25, 0.3) is 10.2 Å². The molecule has 1 amide bonds. The highest BCUT2D eigenvalue weighted by molar-refractivity contribution is 7.98. The van der Waals surface area contributed by atoms with Gasteiger partial charge in [0.2, 0.25) is 0 Å². The van der Waals surface area contributed by atoms with E-state index in [1.807, 2.05) is 6.92 Å². The molecule has 0 aliphatic heterocycles. The lowest BCUT2D eigenvalue weighted by Crippen LogP contribution is -2.41. The molecule has 1 aromatic carbocycles. The highest BCUT2D eigenvalue weighted by Crippen LogP contribution is 2.29. The molecule has 1 unspecified atom stereocenters. The SMILES string of the molecule is CCN(CC)C(C)CNC(=O)c1sc2nc(CSc3cc(C)ccc3C)[nH]c(=O)c2c1C. The number of nitrogens with one attached hydrogen (secondary N) is 2. The normalized spacial score (nSPS) is 12.5. The number of rotatable bonds is 9.